The molecule has 1 aliphatic carbocycles. The van der Waals surface area contributed by atoms with E-state index >= 15 is 0 Å². The van der Waals surface area contributed by atoms with Crippen molar-refractivity contribution in [2.45, 2.75) is 49.8 Å². The predicted molar refractivity (Wildman–Crippen MR) is 90.0 cm³/mol. The van der Waals surface area contributed by atoms with Gasteiger partial charge in [-0.15, -0.1) is 23.4 Å². The fraction of sp³-hybridized carbons (Fsp3) is 0.875. The molecule has 2 amide bonds. The molecule has 22 heavy (non-hydrogen) atoms. The molecule has 1 saturated carbocycles. The fourth-order valence-corrected chi connectivity index (χ4v) is 5.70. The summed E-state index contributed by atoms with van der Waals surface area (Å²) in [7, 11) is 0. The molecule has 0 unspecified atom stereocenters. The molecule has 2 aliphatic heterocycles. The third-order valence-electron chi connectivity index (χ3n) is 5.35. The predicted octanol–water partition coefficient (Wildman–Crippen LogP) is 2.70. The Balaban J connectivity index is 1.63. The highest BCUT2D eigenvalue weighted by Crippen LogP contribution is 2.45. The molecule has 0 N–H and O–H groups in total. The standard InChI is InChI=1S/C16H25ClN2O2S/c17-8-5-14(20)18-9-6-16(7-10-18)19(11-12-22-16)15(21)13-3-1-2-4-13/h13H,1-12H2. The summed E-state index contributed by atoms with van der Waals surface area (Å²) in [6.45, 7) is 2.41. The van der Waals surface area contributed by atoms with Gasteiger partial charge in [0.25, 0.3) is 0 Å². The van der Waals surface area contributed by atoms with E-state index in [0.717, 1.165) is 51.1 Å². The van der Waals surface area contributed by atoms with Crippen LogP contribution in [0.3, 0.4) is 0 Å². The summed E-state index contributed by atoms with van der Waals surface area (Å²) >= 11 is 7.60. The minimum Gasteiger partial charge on any atom is -0.342 e. The summed E-state index contributed by atoms with van der Waals surface area (Å²) in [4.78, 5) is 28.9. The third-order valence-corrected chi connectivity index (χ3v) is 7.10. The number of likely N-dealkylation sites (tertiary alicyclic amines) is 1. The molecule has 0 aromatic rings. The molecule has 124 valence electrons. The van der Waals surface area contributed by atoms with Gasteiger partial charge in [-0.1, -0.05) is 12.8 Å². The van der Waals surface area contributed by atoms with Crippen LogP contribution in [-0.2, 0) is 9.59 Å². The minimum absolute atomic E-state index is 0.0442. The molecule has 1 spiro atoms. The molecule has 0 radical (unpaired) electrons. The maximum absolute atomic E-state index is 12.9. The average molecular weight is 345 g/mol. The number of amides is 2. The molecule has 0 aromatic heterocycles. The molecule has 2 heterocycles. The Hall–Kier alpha value is -0.420. The minimum atomic E-state index is -0.0442. The average Bonchev–Trinajstić information content (AvgIpc) is 3.18. The van der Waals surface area contributed by atoms with Crippen molar-refractivity contribution in [2.75, 3.05) is 31.3 Å². The van der Waals surface area contributed by atoms with E-state index in [1.807, 2.05) is 16.7 Å². The van der Waals surface area contributed by atoms with Crippen LogP contribution < -0.4 is 0 Å². The lowest BCUT2D eigenvalue weighted by atomic mass is 9.98. The van der Waals surface area contributed by atoms with Crippen molar-refractivity contribution in [3.8, 4) is 0 Å². The quantitative estimate of drug-likeness (QED) is 0.739. The summed E-state index contributed by atoms with van der Waals surface area (Å²) in [6, 6.07) is 0. The van der Waals surface area contributed by atoms with Crippen LogP contribution in [0, 0.1) is 5.92 Å². The van der Waals surface area contributed by atoms with E-state index in [1.54, 1.807) is 0 Å². The maximum Gasteiger partial charge on any atom is 0.226 e. The Labute approximate surface area is 141 Å². The van der Waals surface area contributed by atoms with Gasteiger partial charge >= 0.3 is 0 Å². The van der Waals surface area contributed by atoms with Crippen LogP contribution in [0.15, 0.2) is 0 Å². The van der Waals surface area contributed by atoms with Gasteiger partial charge in [0.2, 0.25) is 11.8 Å². The van der Waals surface area contributed by atoms with Crippen LogP contribution in [0.4, 0.5) is 0 Å². The van der Waals surface area contributed by atoms with Crippen molar-refractivity contribution in [1.29, 1.82) is 0 Å². The summed E-state index contributed by atoms with van der Waals surface area (Å²) in [5.74, 6) is 2.21. The summed E-state index contributed by atoms with van der Waals surface area (Å²) in [5.41, 5.74) is 0. The Bertz CT molecular complexity index is 432. The van der Waals surface area contributed by atoms with Crippen molar-refractivity contribution in [3.63, 3.8) is 0 Å². The highest BCUT2D eigenvalue weighted by atomic mass is 35.5. The number of carbonyl (C=O) groups excluding carboxylic acids is 2. The molecule has 0 aromatic carbocycles. The molecule has 2 saturated heterocycles. The molecule has 3 rings (SSSR count). The zero-order valence-electron chi connectivity index (χ0n) is 13.1. The van der Waals surface area contributed by atoms with Crippen molar-refractivity contribution >= 4 is 35.2 Å². The Morgan fingerprint density at radius 2 is 1.82 bits per heavy atom. The molecule has 0 atom stereocenters. The molecular weight excluding hydrogens is 320 g/mol. The smallest absolute Gasteiger partial charge is 0.226 e. The first-order chi connectivity index (χ1) is 10.7. The highest BCUT2D eigenvalue weighted by molar-refractivity contribution is 8.00. The van der Waals surface area contributed by atoms with Crippen LogP contribution in [0.2, 0.25) is 0 Å². The maximum atomic E-state index is 12.9. The zero-order chi connectivity index (χ0) is 15.6. The van der Waals surface area contributed by atoms with Gasteiger partial charge in [-0.25, -0.2) is 0 Å². The largest absolute Gasteiger partial charge is 0.342 e. The van der Waals surface area contributed by atoms with Crippen LogP contribution in [0.1, 0.15) is 44.9 Å². The third kappa shape index (κ3) is 3.12. The number of alkyl halides is 1. The number of thioether (sulfide) groups is 1. The van der Waals surface area contributed by atoms with E-state index in [4.69, 9.17) is 11.6 Å². The monoisotopic (exact) mass is 344 g/mol. The second-order valence-electron chi connectivity index (χ2n) is 6.59. The Kier molecular flexibility index (Phi) is 5.23. The summed E-state index contributed by atoms with van der Waals surface area (Å²) in [6.07, 6.45) is 6.77. The molecule has 3 aliphatic rings. The Morgan fingerprint density at radius 1 is 1.14 bits per heavy atom. The van der Waals surface area contributed by atoms with Crippen LogP contribution >= 0.6 is 23.4 Å². The van der Waals surface area contributed by atoms with Crippen LogP contribution in [0.25, 0.3) is 0 Å². The molecule has 6 heteroatoms. The van der Waals surface area contributed by atoms with Gasteiger partial charge in [-0.05, 0) is 25.7 Å². The van der Waals surface area contributed by atoms with E-state index in [2.05, 4.69) is 4.90 Å². The van der Waals surface area contributed by atoms with E-state index < -0.39 is 0 Å². The van der Waals surface area contributed by atoms with Gasteiger partial charge in [-0.2, -0.15) is 0 Å². The number of hydrogen-bond acceptors (Lipinski definition) is 3. The van der Waals surface area contributed by atoms with Crippen molar-refractivity contribution < 1.29 is 9.59 Å². The normalized spacial score (nSPS) is 25.1. The zero-order valence-corrected chi connectivity index (χ0v) is 14.6. The van der Waals surface area contributed by atoms with E-state index in [0.29, 0.717) is 18.2 Å². The first-order valence-corrected chi connectivity index (χ1v) is 9.97. The lowest BCUT2D eigenvalue weighted by Crippen LogP contribution is -2.54. The number of carbonyl (C=O) groups is 2. The number of piperidine rings is 1. The molecular formula is C16H25ClN2O2S. The summed E-state index contributed by atoms with van der Waals surface area (Å²) in [5, 5.41) is 0. The fourth-order valence-electron chi connectivity index (χ4n) is 4.07. The first-order valence-electron chi connectivity index (χ1n) is 8.45. The van der Waals surface area contributed by atoms with Gasteiger partial charge in [-0.3, -0.25) is 9.59 Å². The number of hydrogen-bond donors (Lipinski definition) is 0. The van der Waals surface area contributed by atoms with E-state index in [9.17, 15) is 9.59 Å². The lowest BCUT2D eigenvalue weighted by molar-refractivity contribution is -0.140. The number of nitrogens with zero attached hydrogens (tertiary/aromatic N) is 2. The van der Waals surface area contributed by atoms with Gasteiger partial charge in [0.1, 0.15) is 0 Å². The Morgan fingerprint density at radius 3 is 2.45 bits per heavy atom. The number of rotatable bonds is 3. The van der Waals surface area contributed by atoms with E-state index in [1.165, 1.54) is 12.8 Å². The second kappa shape index (κ2) is 7.00. The lowest BCUT2D eigenvalue weighted by Gasteiger charge is -2.44. The highest BCUT2D eigenvalue weighted by Gasteiger charge is 2.48. The van der Waals surface area contributed by atoms with Gasteiger partial charge in [0.05, 0.1) is 4.87 Å². The van der Waals surface area contributed by atoms with Crippen molar-refractivity contribution in [3.05, 3.63) is 0 Å². The van der Waals surface area contributed by atoms with Crippen molar-refractivity contribution in [1.82, 2.24) is 9.80 Å². The SMILES string of the molecule is O=C(CCCl)N1CCC2(CC1)SCCN2C(=O)C1CCCC1. The van der Waals surface area contributed by atoms with Crippen molar-refractivity contribution in [2.24, 2.45) is 5.92 Å². The first kappa shape index (κ1) is 16.4. The van der Waals surface area contributed by atoms with Crippen LogP contribution in [0.5, 0.6) is 0 Å². The van der Waals surface area contributed by atoms with Gasteiger partial charge in [0, 0.05) is 43.6 Å². The van der Waals surface area contributed by atoms with Crippen LogP contribution in [-0.4, -0.2) is 57.8 Å². The number of halogens is 1. The second-order valence-corrected chi connectivity index (χ2v) is 8.42. The van der Waals surface area contributed by atoms with E-state index in [-0.39, 0.29) is 16.7 Å². The molecule has 0 bridgehead atoms. The molecule has 3 fully saturated rings. The topological polar surface area (TPSA) is 40.6 Å². The van der Waals surface area contributed by atoms with Gasteiger partial charge < -0.3 is 9.80 Å². The van der Waals surface area contributed by atoms with Gasteiger partial charge in [0.15, 0.2) is 0 Å². The summed E-state index contributed by atoms with van der Waals surface area (Å²) < 4.78 is 0. The molecule has 4 nitrogen and oxygen atoms in total.